The van der Waals surface area contributed by atoms with Crippen LogP contribution in [0.2, 0.25) is 18.1 Å². The molecule has 0 saturated heterocycles. The molecule has 0 aliphatic heterocycles. The summed E-state index contributed by atoms with van der Waals surface area (Å²) in [5.41, 5.74) is -2.96. The van der Waals surface area contributed by atoms with Crippen molar-refractivity contribution in [2.45, 2.75) is 49.3 Å². The van der Waals surface area contributed by atoms with Crippen molar-refractivity contribution in [2.75, 3.05) is 18.5 Å². The van der Waals surface area contributed by atoms with Crippen molar-refractivity contribution in [2.24, 2.45) is 0 Å². The maximum atomic E-state index is 12.6. The molecule has 3 aromatic rings. The highest BCUT2D eigenvalue weighted by atomic mass is 32.2. The van der Waals surface area contributed by atoms with Gasteiger partial charge in [-0.1, -0.05) is 57.2 Å². The fourth-order valence-electron chi connectivity index (χ4n) is 2.95. The number of halogens is 3. The van der Waals surface area contributed by atoms with Gasteiger partial charge in [-0.15, -0.1) is 10.2 Å². The average Bonchev–Trinajstić information content (AvgIpc) is 2.70. The molecule has 1 heterocycles. The summed E-state index contributed by atoms with van der Waals surface area (Å²) in [6, 6.07) is 13.9. The Morgan fingerprint density at radius 1 is 0.938 bits per heavy atom. The van der Waals surface area contributed by atoms with Gasteiger partial charge in [0.25, 0.3) is 0 Å². The van der Waals surface area contributed by atoms with Crippen LogP contribution in [0.25, 0.3) is 22.0 Å². The quantitative estimate of drug-likeness (QED) is 0.218. The van der Waals surface area contributed by atoms with Gasteiger partial charge in [0.2, 0.25) is 0 Å². The topological polar surface area (TPSA) is 47.0 Å². The fourth-order valence-corrected chi connectivity index (χ4v) is 4.54. The number of nitrogens with one attached hydrogen (secondary N) is 1. The van der Waals surface area contributed by atoms with Crippen LogP contribution in [0.15, 0.2) is 53.4 Å². The second-order valence-electron chi connectivity index (χ2n) is 9.05. The molecule has 4 nitrogen and oxygen atoms in total. The Bertz CT molecular complexity index is 1070. The van der Waals surface area contributed by atoms with E-state index in [9.17, 15) is 13.2 Å². The third-order valence-corrected chi connectivity index (χ3v) is 11.0. The van der Waals surface area contributed by atoms with Crippen molar-refractivity contribution in [3.8, 4) is 11.3 Å². The van der Waals surface area contributed by atoms with Crippen molar-refractivity contribution < 1.29 is 17.6 Å². The molecule has 0 saturated carbocycles. The Balaban J connectivity index is 1.78. The lowest BCUT2D eigenvalue weighted by molar-refractivity contribution is -0.0328. The molecule has 0 atom stereocenters. The van der Waals surface area contributed by atoms with Gasteiger partial charge in [0.1, 0.15) is 5.69 Å². The predicted octanol–water partition coefficient (Wildman–Crippen LogP) is 7.34. The molecule has 1 N–H and O–H groups in total. The fraction of sp³-hybridized carbons (Fsp3) is 0.391. The standard InChI is InChI=1S/C23H28F3N3OSSi/c1-22(2,3)32(4,5)30-15-14-27-21-19-9-7-6-8-18(19)20(28-29-21)16-10-12-17(13-11-16)31-23(24,25)26/h6-13H,14-15H2,1-5H3,(H,27,29). The van der Waals surface area contributed by atoms with Gasteiger partial charge in [-0.3, -0.25) is 0 Å². The number of benzene rings is 2. The molecule has 0 amide bonds. The van der Waals surface area contributed by atoms with E-state index >= 15 is 0 Å². The molecule has 0 aliphatic carbocycles. The minimum absolute atomic E-state index is 0.130. The zero-order valence-corrected chi connectivity index (χ0v) is 20.7. The SMILES string of the molecule is CC(C)(C)[Si](C)(C)OCCNc1nnc(-c2ccc(SC(F)(F)F)cc2)c2ccccc12. The van der Waals surface area contributed by atoms with E-state index in [0.717, 1.165) is 10.8 Å². The van der Waals surface area contributed by atoms with Crippen LogP contribution < -0.4 is 5.32 Å². The molecule has 0 fully saturated rings. The van der Waals surface area contributed by atoms with Crippen LogP contribution in [0.4, 0.5) is 19.0 Å². The molecular weight excluding hydrogens is 451 g/mol. The van der Waals surface area contributed by atoms with Crippen molar-refractivity contribution >= 4 is 36.7 Å². The molecule has 0 radical (unpaired) electrons. The number of alkyl halides is 3. The van der Waals surface area contributed by atoms with Gasteiger partial charge >= 0.3 is 5.51 Å². The van der Waals surface area contributed by atoms with Crippen LogP contribution in [-0.2, 0) is 4.43 Å². The smallest absolute Gasteiger partial charge is 0.415 e. The van der Waals surface area contributed by atoms with E-state index in [0.29, 0.717) is 30.2 Å². The van der Waals surface area contributed by atoms with Crippen molar-refractivity contribution in [3.05, 3.63) is 48.5 Å². The molecule has 9 heteroatoms. The Hall–Kier alpha value is -2.10. The summed E-state index contributed by atoms with van der Waals surface area (Å²) in [4.78, 5) is 0.138. The van der Waals surface area contributed by atoms with Crippen LogP contribution >= 0.6 is 11.8 Å². The van der Waals surface area contributed by atoms with E-state index in [4.69, 9.17) is 4.43 Å². The number of rotatable bonds is 7. The summed E-state index contributed by atoms with van der Waals surface area (Å²) in [6.45, 7) is 12.2. The first-order valence-corrected chi connectivity index (χ1v) is 14.1. The van der Waals surface area contributed by atoms with Gasteiger partial charge in [0.05, 0.1) is 6.61 Å². The molecule has 1 aromatic heterocycles. The minimum atomic E-state index is -4.31. The summed E-state index contributed by atoms with van der Waals surface area (Å²) < 4.78 is 44.0. The number of fused-ring (bicyclic) bond motifs is 1. The van der Waals surface area contributed by atoms with Gasteiger partial charge < -0.3 is 9.74 Å². The molecule has 0 unspecified atom stereocenters. The van der Waals surface area contributed by atoms with E-state index in [-0.39, 0.29) is 21.7 Å². The zero-order chi connectivity index (χ0) is 23.6. The molecule has 0 bridgehead atoms. The number of aromatic nitrogens is 2. The van der Waals surface area contributed by atoms with Crippen molar-refractivity contribution in [1.82, 2.24) is 10.2 Å². The van der Waals surface area contributed by atoms with Crippen molar-refractivity contribution in [3.63, 3.8) is 0 Å². The maximum absolute atomic E-state index is 12.6. The molecule has 172 valence electrons. The van der Waals surface area contributed by atoms with E-state index < -0.39 is 13.8 Å². The van der Waals surface area contributed by atoms with Gasteiger partial charge in [-0.2, -0.15) is 13.2 Å². The van der Waals surface area contributed by atoms with Crippen LogP contribution in [0.5, 0.6) is 0 Å². The first kappa shape index (κ1) is 24.5. The zero-order valence-electron chi connectivity index (χ0n) is 18.9. The molecule has 0 spiro atoms. The summed E-state index contributed by atoms with van der Waals surface area (Å²) in [6.07, 6.45) is 0. The third-order valence-electron chi connectivity index (χ3n) is 5.71. The minimum Gasteiger partial charge on any atom is -0.415 e. The van der Waals surface area contributed by atoms with Crippen molar-refractivity contribution in [1.29, 1.82) is 0 Å². The number of hydrogen-bond donors (Lipinski definition) is 1. The molecular formula is C23H28F3N3OSSi. The van der Waals surface area contributed by atoms with E-state index in [1.807, 2.05) is 24.3 Å². The first-order chi connectivity index (χ1) is 14.9. The maximum Gasteiger partial charge on any atom is 0.446 e. The summed E-state index contributed by atoms with van der Waals surface area (Å²) >= 11 is -0.130. The van der Waals surface area contributed by atoms with Crippen LogP contribution in [0.3, 0.4) is 0 Å². The second-order valence-corrected chi connectivity index (χ2v) is 15.0. The van der Waals surface area contributed by atoms with Gasteiger partial charge in [-0.05, 0) is 42.0 Å². The number of anilines is 1. The highest BCUT2D eigenvalue weighted by molar-refractivity contribution is 8.00. The average molecular weight is 480 g/mol. The predicted molar refractivity (Wildman–Crippen MR) is 129 cm³/mol. The monoisotopic (exact) mass is 479 g/mol. The lowest BCUT2D eigenvalue weighted by Crippen LogP contribution is -2.41. The summed E-state index contributed by atoms with van der Waals surface area (Å²) in [7, 11) is -1.82. The first-order valence-electron chi connectivity index (χ1n) is 10.4. The van der Waals surface area contributed by atoms with Crippen LogP contribution in [0.1, 0.15) is 20.8 Å². The van der Waals surface area contributed by atoms with Gasteiger partial charge in [0.15, 0.2) is 14.1 Å². The van der Waals surface area contributed by atoms with E-state index in [2.05, 4.69) is 49.4 Å². The Morgan fingerprint density at radius 3 is 2.16 bits per heavy atom. The third kappa shape index (κ3) is 6.02. The Morgan fingerprint density at radius 2 is 1.56 bits per heavy atom. The highest BCUT2D eigenvalue weighted by Crippen LogP contribution is 2.38. The van der Waals surface area contributed by atoms with Gasteiger partial charge in [-0.25, -0.2) is 0 Å². The number of nitrogens with zero attached hydrogens (tertiary/aromatic N) is 2. The highest BCUT2D eigenvalue weighted by Gasteiger charge is 2.36. The Labute approximate surface area is 192 Å². The normalized spacial score (nSPS) is 12.9. The lowest BCUT2D eigenvalue weighted by Gasteiger charge is -2.36. The van der Waals surface area contributed by atoms with E-state index in [1.165, 1.54) is 12.1 Å². The molecule has 3 rings (SSSR count). The van der Waals surface area contributed by atoms with Crippen LogP contribution in [-0.4, -0.2) is 37.2 Å². The number of thioether (sulfide) groups is 1. The molecule has 0 aliphatic rings. The van der Waals surface area contributed by atoms with E-state index in [1.54, 1.807) is 12.1 Å². The molecule has 2 aromatic carbocycles. The van der Waals surface area contributed by atoms with Crippen LogP contribution in [0, 0.1) is 0 Å². The Kier molecular flexibility index (Phi) is 7.21. The molecule has 32 heavy (non-hydrogen) atoms. The number of hydrogen-bond acceptors (Lipinski definition) is 5. The summed E-state index contributed by atoms with van der Waals surface area (Å²) in [5.74, 6) is 0.660. The summed E-state index contributed by atoms with van der Waals surface area (Å²) in [5, 5.41) is 14.0. The largest absolute Gasteiger partial charge is 0.446 e. The van der Waals surface area contributed by atoms with Gasteiger partial charge in [0, 0.05) is 27.8 Å². The lowest BCUT2D eigenvalue weighted by atomic mass is 10.0. The second kappa shape index (κ2) is 9.41.